The third kappa shape index (κ3) is 1.48. The van der Waals surface area contributed by atoms with Gasteiger partial charge in [-0.2, -0.15) is 0 Å². The average molecular weight is 239 g/mol. The number of halogens is 1. The molecule has 2 aromatic heterocycles. The lowest BCUT2D eigenvalue weighted by molar-refractivity contribution is 0.835. The number of hydrogen-bond acceptors (Lipinski definition) is 1. The highest BCUT2D eigenvalue weighted by atomic mass is 79.9. The molecule has 1 N–H and O–H groups in total. The standard InChI is InChI=1S/C10H11BrN2/c1-6(2)9-5-7-8(11)3-4-12-10(7)13-9/h3-6H,1-2H3,(H,12,13). The zero-order chi connectivity index (χ0) is 9.42. The second-order valence-electron chi connectivity index (χ2n) is 3.43. The molecule has 3 heteroatoms. The molecule has 0 radical (unpaired) electrons. The van der Waals surface area contributed by atoms with Crippen molar-refractivity contribution in [2.75, 3.05) is 0 Å². The molecule has 0 fully saturated rings. The molecule has 0 bridgehead atoms. The molecular formula is C10H11BrN2. The first-order valence-electron chi connectivity index (χ1n) is 4.31. The van der Waals surface area contributed by atoms with Crippen LogP contribution in [0.15, 0.2) is 22.8 Å². The van der Waals surface area contributed by atoms with Gasteiger partial charge in [0, 0.05) is 21.7 Å². The van der Waals surface area contributed by atoms with Crippen molar-refractivity contribution < 1.29 is 0 Å². The smallest absolute Gasteiger partial charge is 0.138 e. The van der Waals surface area contributed by atoms with Gasteiger partial charge in [0.2, 0.25) is 0 Å². The van der Waals surface area contributed by atoms with Gasteiger partial charge in [0.15, 0.2) is 0 Å². The summed E-state index contributed by atoms with van der Waals surface area (Å²) in [7, 11) is 0. The Balaban J connectivity index is 2.68. The molecule has 0 aliphatic rings. The molecule has 2 heterocycles. The van der Waals surface area contributed by atoms with Crippen molar-refractivity contribution in [3.63, 3.8) is 0 Å². The summed E-state index contributed by atoms with van der Waals surface area (Å²) >= 11 is 3.50. The summed E-state index contributed by atoms with van der Waals surface area (Å²) in [5.74, 6) is 0.515. The van der Waals surface area contributed by atoms with E-state index in [0.717, 1.165) is 15.5 Å². The van der Waals surface area contributed by atoms with Crippen LogP contribution < -0.4 is 0 Å². The number of nitrogens with one attached hydrogen (secondary N) is 1. The van der Waals surface area contributed by atoms with Crippen LogP contribution in [0.4, 0.5) is 0 Å². The zero-order valence-corrected chi connectivity index (χ0v) is 9.22. The minimum Gasteiger partial charge on any atom is -0.343 e. The quantitative estimate of drug-likeness (QED) is 0.811. The van der Waals surface area contributed by atoms with E-state index in [1.807, 2.05) is 6.07 Å². The van der Waals surface area contributed by atoms with Crippen LogP contribution in [-0.2, 0) is 0 Å². The highest BCUT2D eigenvalue weighted by molar-refractivity contribution is 9.10. The van der Waals surface area contributed by atoms with E-state index in [9.17, 15) is 0 Å². The fourth-order valence-electron chi connectivity index (χ4n) is 1.33. The maximum absolute atomic E-state index is 4.26. The third-order valence-electron chi connectivity index (χ3n) is 2.12. The molecule has 0 saturated heterocycles. The molecule has 0 aliphatic heterocycles. The monoisotopic (exact) mass is 238 g/mol. The van der Waals surface area contributed by atoms with Crippen molar-refractivity contribution in [3.05, 3.63) is 28.5 Å². The topological polar surface area (TPSA) is 28.7 Å². The molecule has 0 aliphatic carbocycles. The molecule has 0 saturated carbocycles. The Morgan fingerprint density at radius 1 is 1.46 bits per heavy atom. The van der Waals surface area contributed by atoms with E-state index in [1.165, 1.54) is 5.69 Å². The fourth-order valence-corrected chi connectivity index (χ4v) is 1.75. The van der Waals surface area contributed by atoms with E-state index in [0.29, 0.717) is 5.92 Å². The van der Waals surface area contributed by atoms with Gasteiger partial charge in [-0.25, -0.2) is 4.98 Å². The van der Waals surface area contributed by atoms with Gasteiger partial charge in [-0.1, -0.05) is 13.8 Å². The zero-order valence-electron chi connectivity index (χ0n) is 7.63. The van der Waals surface area contributed by atoms with Crippen LogP contribution in [0.3, 0.4) is 0 Å². The highest BCUT2D eigenvalue weighted by Crippen LogP contribution is 2.25. The number of H-pyrrole nitrogens is 1. The minimum atomic E-state index is 0.515. The number of fused-ring (bicyclic) bond motifs is 1. The molecule has 0 atom stereocenters. The van der Waals surface area contributed by atoms with Crippen LogP contribution in [0, 0.1) is 0 Å². The lowest BCUT2D eigenvalue weighted by Crippen LogP contribution is -1.85. The van der Waals surface area contributed by atoms with E-state index in [-0.39, 0.29) is 0 Å². The summed E-state index contributed by atoms with van der Waals surface area (Å²) in [5, 5.41) is 1.16. The SMILES string of the molecule is CC(C)c1cc2c(Br)ccnc2[nH]1. The van der Waals surface area contributed by atoms with Gasteiger partial charge in [-0.05, 0) is 34.0 Å². The molecule has 0 aromatic carbocycles. The van der Waals surface area contributed by atoms with Crippen molar-refractivity contribution >= 4 is 27.0 Å². The first-order chi connectivity index (χ1) is 6.18. The van der Waals surface area contributed by atoms with Crippen molar-refractivity contribution in [2.24, 2.45) is 0 Å². The number of pyridine rings is 1. The van der Waals surface area contributed by atoms with Crippen molar-refractivity contribution in [3.8, 4) is 0 Å². The average Bonchev–Trinajstić information content (AvgIpc) is 2.49. The van der Waals surface area contributed by atoms with Crippen LogP contribution in [0.2, 0.25) is 0 Å². The van der Waals surface area contributed by atoms with E-state index < -0.39 is 0 Å². The lowest BCUT2D eigenvalue weighted by Gasteiger charge is -1.97. The summed E-state index contributed by atoms with van der Waals surface area (Å²) in [6.45, 7) is 4.33. The van der Waals surface area contributed by atoms with E-state index in [2.05, 4.69) is 45.8 Å². The molecule has 2 aromatic rings. The summed E-state index contributed by atoms with van der Waals surface area (Å²) < 4.78 is 1.10. The molecular weight excluding hydrogens is 228 g/mol. The van der Waals surface area contributed by atoms with Crippen LogP contribution in [0.5, 0.6) is 0 Å². The Hall–Kier alpha value is -0.830. The second kappa shape index (κ2) is 3.14. The maximum atomic E-state index is 4.26. The van der Waals surface area contributed by atoms with Crippen LogP contribution in [0.1, 0.15) is 25.5 Å². The Labute approximate surface area is 85.5 Å². The van der Waals surface area contributed by atoms with Gasteiger partial charge in [-0.15, -0.1) is 0 Å². The summed E-state index contributed by atoms with van der Waals surface area (Å²) in [6.07, 6.45) is 1.80. The number of aromatic nitrogens is 2. The molecule has 2 nitrogen and oxygen atoms in total. The van der Waals surface area contributed by atoms with Crippen LogP contribution in [0.25, 0.3) is 11.0 Å². The summed E-state index contributed by atoms with van der Waals surface area (Å²) in [4.78, 5) is 7.55. The molecule has 0 amide bonds. The van der Waals surface area contributed by atoms with Gasteiger partial charge in [0.1, 0.15) is 5.65 Å². The predicted octanol–water partition coefficient (Wildman–Crippen LogP) is 3.45. The molecule has 2 rings (SSSR count). The Morgan fingerprint density at radius 2 is 2.23 bits per heavy atom. The lowest BCUT2D eigenvalue weighted by atomic mass is 10.1. The fraction of sp³-hybridized carbons (Fsp3) is 0.300. The maximum Gasteiger partial charge on any atom is 0.138 e. The Morgan fingerprint density at radius 3 is 2.85 bits per heavy atom. The number of nitrogens with zero attached hydrogens (tertiary/aromatic N) is 1. The first-order valence-corrected chi connectivity index (χ1v) is 5.11. The molecule has 0 unspecified atom stereocenters. The molecule has 68 valence electrons. The predicted molar refractivity (Wildman–Crippen MR) is 57.9 cm³/mol. The van der Waals surface area contributed by atoms with E-state index >= 15 is 0 Å². The van der Waals surface area contributed by atoms with Gasteiger partial charge in [-0.3, -0.25) is 0 Å². The van der Waals surface area contributed by atoms with Gasteiger partial charge in [0.25, 0.3) is 0 Å². The van der Waals surface area contributed by atoms with Crippen molar-refractivity contribution in [1.82, 2.24) is 9.97 Å². The van der Waals surface area contributed by atoms with Crippen molar-refractivity contribution in [1.29, 1.82) is 0 Å². The van der Waals surface area contributed by atoms with Gasteiger partial charge < -0.3 is 4.98 Å². The van der Waals surface area contributed by atoms with E-state index in [4.69, 9.17) is 0 Å². The van der Waals surface area contributed by atoms with Gasteiger partial charge in [0.05, 0.1) is 0 Å². The first kappa shape index (κ1) is 8.75. The number of hydrogen-bond donors (Lipinski definition) is 1. The number of aromatic amines is 1. The van der Waals surface area contributed by atoms with Gasteiger partial charge >= 0.3 is 0 Å². The third-order valence-corrected chi connectivity index (χ3v) is 2.81. The Bertz CT molecular complexity index is 431. The highest BCUT2D eigenvalue weighted by Gasteiger charge is 2.06. The largest absolute Gasteiger partial charge is 0.343 e. The summed E-state index contributed by atoms with van der Waals surface area (Å²) in [6, 6.07) is 4.11. The number of rotatable bonds is 1. The molecule has 0 spiro atoms. The normalized spacial score (nSPS) is 11.4. The second-order valence-corrected chi connectivity index (χ2v) is 4.29. The Kier molecular flexibility index (Phi) is 2.12. The minimum absolute atomic E-state index is 0.515. The van der Waals surface area contributed by atoms with E-state index in [1.54, 1.807) is 6.20 Å². The van der Waals surface area contributed by atoms with Crippen LogP contribution in [-0.4, -0.2) is 9.97 Å². The summed E-state index contributed by atoms with van der Waals surface area (Å²) in [5.41, 5.74) is 2.19. The molecule has 13 heavy (non-hydrogen) atoms. The van der Waals surface area contributed by atoms with Crippen LogP contribution >= 0.6 is 15.9 Å². The van der Waals surface area contributed by atoms with Crippen molar-refractivity contribution in [2.45, 2.75) is 19.8 Å².